The normalized spacial score (nSPS) is 11.8. The number of amides is 1. The van der Waals surface area contributed by atoms with Crippen molar-refractivity contribution >= 4 is 11.6 Å². The summed E-state index contributed by atoms with van der Waals surface area (Å²) >= 11 is 0. The fourth-order valence-corrected chi connectivity index (χ4v) is 2.34. The van der Waals surface area contributed by atoms with Crippen molar-refractivity contribution in [2.24, 2.45) is 0 Å². The van der Waals surface area contributed by atoms with Crippen molar-refractivity contribution in [1.82, 2.24) is 4.98 Å². The number of hydrogen-bond acceptors (Lipinski definition) is 4. The number of benzene rings is 1. The van der Waals surface area contributed by atoms with E-state index in [1.54, 1.807) is 19.4 Å². The second kappa shape index (κ2) is 7.56. The van der Waals surface area contributed by atoms with Crippen LogP contribution in [-0.4, -0.2) is 23.1 Å². The second-order valence-corrected chi connectivity index (χ2v) is 5.09. The molecule has 22 heavy (non-hydrogen) atoms. The minimum absolute atomic E-state index is 0.0189. The van der Waals surface area contributed by atoms with E-state index >= 15 is 0 Å². The lowest BCUT2D eigenvalue weighted by atomic mass is 9.96. The van der Waals surface area contributed by atoms with E-state index in [1.165, 1.54) is 6.20 Å². The van der Waals surface area contributed by atoms with E-state index in [9.17, 15) is 9.90 Å². The number of carbonyl (C=O) groups excluding carboxylic acids is 1. The number of aliphatic hydroxyl groups is 1. The van der Waals surface area contributed by atoms with Gasteiger partial charge in [0, 0.05) is 18.2 Å². The lowest BCUT2D eigenvalue weighted by molar-refractivity contribution is -0.116. The van der Waals surface area contributed by atoms with Crippen LogP contribution in [0.5, 0.6) is 5.75 Å². The van der Waals surface area contributed by atoms with Gasteiger partial charge in [0.05, 0.1) is 25.6 Å². The summed E-state index contributed by atoms with van der Waals surface area (Å²) in [7, 11) is 1.62. The van der Waals surface area contributed by atoms with E-state index in [0.29, 0.717) is 17.7 Å². The lowest BCUT2D eigenvalue weighted by Gasteiger charge is -2.16. The number of anilines is 1. The molecular weight excluding hydrogens is 280 g/mol. The Bertz CT molecular complexity index is 643. The van der Waals surface area contributed by atoms with Gasteiger partial charge in [0.25, 0.3) is 0 Å². The zero-order valence-corrected chi connectivity index (χ0v) is 12.7. The number of rotatable bonds is 6. The summed E-state index contributed by atoms with van der Waals surface area (Å²) in [5.41, 5.74) is 2.18. The molecule has 2 N–H and O–H groups in total. The predicted octanol–water partition coefficient (Wildman–Crippen LogP) is 2.71. The van der Waals surface area contributed by atoms with Crippen molar-refractivity contribution in [2.45, 2.75) is 25.9 Å². The summed E-state index contributed by atoms with van der Waals surface area (Å²) in [5.74, 6) is 0.673. The fourth-order valence-electron chi connectivity index (χ4n) is 2.34. The van der Waals surface area contributed by atoms with Crippen LogP contribution < -0.4 is 10.1 Å². The fraction of sp³-hybridized carbons (Fsp3) is 0.294. The molecule has 0 spiro atoms. The van der Waals surface area contributed by atoms with Crippen LogP contribution in [0.1, 0.15) is 30.4 Å². The van der Waals surface area contributed by atoms with Crippen molar-refractivity contribution in [3.8, 4) is 5.75 Å². The third-order valence-corrected chi connectivity index (χ3v) is 3.52. The molecule has 0 radical (unpaired) electrons. The maximum absolute atomic E-state index is 12.2. The van der Waals surface area contributed by atoms with Crippen LogP contribution in [0.3, 0.4) is 0 Å². The maximum atomic E-state index is 12.2. The van der Waals surface area contributed by atoms with Gasteiger partial charge >= 0.3 is 0 Å². The number of aromatic nitrogens is 1. The smallest absolute Gasteiger partial charge is 0.225 e. The number of nitrogens with zero attached hydrogens (tertiary/aromatic N) is 1. The average molecular weight is 300 g/mol. The Morgan fingerprint density at radius 3 is 2.86 bits per heavy atom. The first kappa shape index (κ1) is 16.0. The van der Waals surface area contributed by atoms with Gasteiger partial charge in [0.2, 0.25) is 5.91 Å². The van der Waals surface area contributed by atoms with Gasteiger partial charge in [-0.1, -0.05) is 25.1 Å². The highest BCUT2D eigenvalue weighted by Gasteiger charge is 2.15. The molecule has 0 aliphatic carbocycles. The molecule has 1 aromatic heterocycles. The summed E-state index contributed by atoms with van der Waals surface area (Å²) in [5, 5.41) is 12.1. The van der Waals surface area contributed by atoms with Crippen molar-refractivity contribution < 1.29 is 14.6 Å². The zero-order chi connectivity index (χ0) is 15.9. The molecule has 5 nitrogen and oxygen atoms in total. The molecule has 1 heterocycles. The van der Waals surface area contributed by atoms with Crippen LogP contribution >= 0.6 is 0 Å². The highest BCUT2D eigenvalue weighted by molar-refractivity contribution is 5.91. The Morgan fingerprint density at radius 1 is 1.36 bits per heavy atom. The summed E-state index contributed by atoms with van der Waals surface area (Å²) in [6.07, 6.45) is 3.44. The van der Waals surface area contributed by atoms with Crippen LogP contribution in [-0.2, 0) is 11.4 Å². The third kappa shape index (κ3) is 3.83. The molecule has 5 heteroatoms. The van der Waals surface area contributed by atoms with Crippen molar-refractivity contribution in [3.05, 3.63) is 53.9 Å². The molecule has 0 aliphatic heterocycles. The second-order valence-electron chi connectivity index (χ2n) is 5.09. The minimum atomic E-state index is -0.139. The van der Waals surface area contributed by atoms with E-state index < -0.39 is 0 Å². The highest BCUT2D eigenvalue weighted by atomic mass is 16.5. The van der Waals surface area contributed by atoms with Gasteiger partial charge < -0.3 is 15.2 Å². The number of carbonyl (C=O) groups is 1. The Hall–Kier alpha value is -2.40. The third-order valence-electron chi connectivity index (χ3n) is 3.52. The first-order valence-corrected chi connectivity index (χ1v) is 7.12. The molecule has 0 saturated carbocycles. The lowest BCUT2D eigenvalue weighted by Crippen LogP contribution is -2.16. The van der Waals surface area contributed by atoms with Crippen molar-refractivity contribution in [2.75, 3.05) is 12.4 Å². The number of aliphatic hydroxyl groups excluding tert-OH is 1. The van der Waals surface area contributed by atoms with E-state index in [1.807, 2.05) is 31.2 Å². The molecule has 0 bridgehead atoms. The number of hydrogen-bond donors (Lipinski definition) is 2. The van der Waals surface area contributed by atoms with Gasteiger partial charge in [-0.15, -0.1) is 0 Å². The Morgan fingerprint density at radius 2 is 2.14 bits per heavy atom. The van der Waals surface area contributed by atoms with Gasteiger partial charge in [-0.25, -0.2) is 0 Å². The topological polar surface area (TPSA) is 71.5 Å². The number of nitrogens with one attached hydrogen (secondary N) is 1. The predicted molar refractivity (Wildman–Crippen MR) is 84.8 cm³/mol. The van der Waals surface area contributed by atoms with E-state index in [4.69, 9.17) is 4.74 Å². The summed E-state index contributed by atoms with van der Waals surface area (Å²) in [4.78, 5) is 16.2. The van der Waals surface area contributed by atoms with E-state index in [-0.39, 0.29) is 18.4 Å². The number of methoxy groups -OCH3 is 1. The molecule has 2 rings (SSSR count). The van der Waals surface area contributed by atoms with Crippen LogP contribution in [0.25, 0.3) is 0 Å². The molecule has 1 aromatic carbocycles. The molecule has 1 unspecified atom stereocenters. The minimum Gasteiger partial charge on any atom is -0.496 e. The first-order chi connectivity index (χ1) is 10.7. The number of pyridine rings is 1. The van der Waals surface area contributed by atoms with Gasteiger partial charge in [-0.05, 0) is 23.6 Å². The molecule has 2 aromatic rings. The first-order valence-electron chi connectivity index (χ1n) is 7.12. The zero-order valence-electron chi connectivity index (χ0n) is 12.7. The SMILES string of the molecule is COc1ccccc1C(C)CC(=O)Nc1cnccc1CO. The average Bonchev–Trinajstić information content (AvgIpc) is 2.55. The van der Waals surface area contributed by atoms with Crippen LogP contribution in [0.2, 0.25) is 0 Å². The Labute approximate surface area is 130 Å². The molecule has 0 saturated heterocycles. The summed E-state index contributed by atoms with van der Waals surface area (Å²) in [6, 6.07) is 9.35. The van der Waals surface area contributed by atoms with Gasteiger partial charge in [-0.3, -0.25) is 9.78 Å². The summed E-state index contributed by atoms with van der Waals surface area (Å²) in [6.45, 7) is 1.84. The van der Waals surface area contributed by atoms with Crippen LogP contribution in [0.4, 0.5) is 5.69 Å². The highest BCUT2D eigenvalue weighted by Crippen LogP contribution is 2.28. The van der Waals surface area contributed by atoms with E-state index in [0.717, 1.165) is 11.3 Å². The largest absolute Gasteiger partial charge is 0.496 e. The number of ether oxygens (including phenoxy) is 1. The van der Waals surface area contributed by atoms with Gasteiger partial charge in [0.1, 0.15) is 5.75 Å². The summed E-state index contributed by atoms with van der Waals surface area (Å²) < 4.78 is 5.33. The van der Waals surface area contributed by atoms with Crippen molar-refractivity contribution in [1.29, 1.82) is 0 Å². The molecular formula is C17H20N2O3. The standard InChI is InChI=1S/C17H20N2O3/c1-12(14-5-3-4-6-16(14)22-2)9-17(21)19-15-10-18-8-7-13(15)11-20/h3-8,10,12,20H,9,11H2,1-2H3,(H,19,21). The molecule has 1 amide bonds. The van der Waals surface area contributed by atoms with Gasteiger partial charge in [-0.2, -0.15) is 0 Å². The maximum Gasteiger partial charge on any atom is 0.225 e. The monoisotopic (exact) mass is 300 g/mol. The van der Waals surface area contributed by atoms with Crippen molar-refractivity contribution in [3.63, 3.8) is 0 Å². The Kier molecular flexibility index (Phi) is 5.49. The quantitative estimate of drug-likeness (QED) is 0.860. The molecule has 116 valence electrons. The van der Waals surface area contributed by atoms with Gasteiger partial charge in [0.15, 0.2) is 0 Å². The molecule has 0 fully saturated rings. The Balaban J connectivity index is 2.05. The molecule has 1 atom stereocenters. The van der Waals surface area contributed by atoms with Crippen LogP contribution in [0.15, 0.2) is 42.7 Å². The van der Waals surface area contributed by atoms with E-state index in [2.05, 4.69) is 10.3 Å². The molecule has 0 aliphatic rings. The number of para-hydroxylation sites is 1. The van der Waals surface area contributed by atoms with Crippen LogP contribution in [0, 0.1) is 0 Å².